The van der Waals surface area contributed by atoms with Crippen LogP contribution >= 0.6 is 0 Å². The molecule has 0 amide bonds. The molecule has 0 aliphatic carbocycles. The molecule has 0 unspecified atom stereocenters. The lowest BCUT2D eigenvalue weighted by Gasteiger charge is -1.95. The highest BCUT2D eigenvalue weighted by molar-refractivity contribution is 6.50. The predicted octanol–water partition coefficient (Wildman–Crippen LogP) is 1.50. The summed E-state index contributed by atoms with van der Waals surface area (Å²) in [6.45, 7) is 7.18. The van der Waals surface area contributed by atoms with Crippen molar-refractivity contribution in [2.24, 2.45) is 9.98 Å². The zero-order chi connectivity index (χ0) is 7.98. The normalized spacial score (nSPS) is 13.0. The minimum Gasteiger partial charge on any atom is -0.286 e. The molecule has 0 saturated heterocycles. The number of aliphatic imine (C=N–C) groups is 2. The van der Waals surface area contributed by atoms with E-state index in [1.54, 1.807) is 26.2 Å². The van der Waals surface area contributed by atoms with Crippen molar-refractivity contribution in [1.82, 2.24) is 0 Å². The fourth-order valence-electron chi connectivity index (χ4n) is 0.621. The molecule has 0 spiro atoms. The van der Waals surface area contributed by atoms with Crippen molar-refractivity contribution >= 4 is 11.4 Å². The first kappa shape index (κ1) is 8.82. The quantitative estimate of drug-likeness (QED) is 0.525. The number of hydrogen-bond acceptors (Lipinski definition) is 2. The van der Waals surface area contributed by atoms with Crippen molar-refractivity contribution in [3.8, 4) is 0 Å². The second-order valence-electron chi connectivity index (χ2n) is 1.63. The van der Waals surface area contributed by atoms with Crippen LogP contribution in [0.15, 0.2) is 35.3 Å². The van der Waals surface area contributed by atoms with Crippen LogP contribution in [0.4, 0.5) is 0 Å². The summed E-state index contributed by atoms with van der Waals surface area (Å²) in [4.78, 5) is 7.89. The topological polar surface area (TPSA) is 24.7 Å². The van der Waals surface area contributed by atoms with Crippen LogP contribution in [0.2, 0.25) is 0 Å². The summed E-state index contributed by atoms with van der Waals surface area (Å²) in [5.41, 5.74) is 1.55. The Hall–Kier alpha value is -1.18. The molecule has 0 heterocycles. The summed E-state index contributed by atoms with van der Waals surface area (Å²) in [6.07, 6.45) is 3.31. The third kappa shape index (κ3) is 1.97. The standard InChI is InChI=1S/C8H12N2/c1-5-7(9-3)8(6-2)10-4/h5-6H,1-2H2,3-4H3/b9-7-,10-8-. The Bertz CT molecular complexity index is 165. The SMILES string of the molecule is C=CC(=N/C)/C(C=C)=N\C. The Morgan fingerprint density at radius 3 is 1.40 bits per heavy atom. The number of hydrogen-bond donors (Lipinski definition) is 0. The first-order chi connectivity index (χ1) is 4.79. The highest BCUT2D eigenvalue weighted by Crippen LogP contribution is 1.86. The van der Waals surface area contributed by atoms with Crippen LogP contribution in [0.5, 0.6) is 0 Å². The molecule has 0 aliphatic heterocycles. The minimum atomic E-state index is 0.775. The van der Waals surface area contributed by atoms with Gasteiger partial charge in [-0.05, 0) is 12.2 Å². The maximum absolute atomic E-state index is 3.95. The van der Waals surface area contributed by atoms with Crippen molar-refractivity contribution in [2.75, 3.05) is 14.1 Å². The fraction of sp³-hybridized carbons (Fsp3) is 0.250. The molecule has 0 radical (unpaired) electrons. The number of allylic oxidation sites excluding steroid dienone is 2. The predicted molar refractivity (Wildman–Crippen MR) is 47.1 cm³/mol. The molecular weight excluding hydrogens is 124 g/mol. The molecule has 0 aromatic heterocycles. The van der Waals surface area contributed by atoms with Gasteiger partial charge in [0.05, 0.1) is 11.4 Å². The lowest BCUT2D eigenvalue weighted by atomic mass is 10.2. The van der Waals surface area contributed by atoms with Crippen molar-refractivity contribution in [3.05, 3.63) is 25.3 Å². The van der Waals surface area contributed by atoms with Crippen LogP contribution < -0.4 is 0 Å². The summed E-state index contributed by atoms with van der Waals surface area (Å²) in [6, 6.07) is 0. The van der Waals surface area contributed by atoms with Gasteiger partial charge in [0.25, 0.3) is 0 Å². The average molecular weight is 136 g/mol. The lowest BCUT2D eigenvalue weighted by Crippen LogP contribution is -2.07. The van der Waals surface area contributed by atoms with E-state index in [4.69, 9.17) is 0 Å². The van der Waals surface area contributed by atoms with E-state index >= 15 is 0 Å². The third-order valence-corrected chi connectivity index (χ3v) is 1.13. The lowest BCUT2D eigenvalue weighted by molar-refractivity contribution is 1.43. The molecular formula is C8H12N2. The second-order valence-corrected chi connectivity index (χ2v) is 1.63. The smallest absolute Gasteiger partial charge is 0.0816 e. The zero-order valence-corrected chi connectivity index (χ0v) is 6.46. The van der Waals surface area contributed by atoms with Gasteiger partial charge in [0.15, 0.2) is 0 Å². The molecule has 0 atom stereocenters. The van der Waals surface area contributed by atoms with E-state index in [0.717, 1.165) is 11.4 Å². The molecule has 0 aromatic rings. The molecule has 0 bridgehead atoms. The van der Waals surface area contributed by atoms with E-state index in [9.17, 15) is 0 Å². The van der Waals surface area contributed by atoms with Crippen LogP contribution in [-0.4, -0.2) is 25.5 Å². The minimum absolute atomic E-state index is 0.775. The van der Waals surface area contributed by atoms with Gasteiger partial charge in [-0.1, -0.05) is 13.2 Å². The Morgan fingerprint density at radius 1 is 1.00 bits per heavy atom. The largest absolute Gasteiger partial charge is 0.286 e. The molecule has 10 heavy (non-hydrogen) atoms. The van der Waals surface area contributed by atoms with Gasteiger partial charge < -0.3 is 0 Å². The van der Waals surface area contributed by atoms with E-state index in [-0.39, 0.29) is 0 Å². The monoisotopic (exact) mass is 136 g/mol. The van der Waals surface area contributed by atoms with E-state index < -0.39 is 0 Å². The summed E-state index contributed by atoms with van der Waals surface area (Å²) in [7, 11) is 3.40. The third-order valence-electron chi connectivity index (χ3n) is 1.13. The summed E-state index contributed by atoms with van der Waals surface area (Å²) >= 11 is 0. The van der Waals surface area contributed by atoms with Gasteiger partial charge in [0.2, 0.25) is 0 Å². The van der Waals surface area contributed by atoms with Crippen LogP contribution in [0.1, 0.15) is 0 Å². The van der Waals surface area contributed by atoms with Crippen molar-refractivity contribution < 1.29 is 0 Å². The maximum Gasteiger partial charge on any atom is 0.0816 e. The number of nitrogens with zero attached hydrogens (tertiary/aromatic N) is 2. The van der Waals surface area contributed by atoms with E-state index in [1.807, 2.05) is 0 Å². The summed E-state index contributed by atoms with van der Waals surface area (Å²) in [5, 5.41) is 0. The van der Waals surface area contributed by atoms with E-state index in [0.29, 0.717) is 0 Å². The Balaban J connectivity index is 4.58. The molecule has 0 N–H and O–H groups in total. The van der Waals surface area contributed by atoms with Crippen molar-refractivity contribution in [2.45, 2.75) is 0 Å². The van der Waals surface area contributed by atoms with Crippen LogP contribution in [0, 0.1) is 0 Å². The molecule has 0 rings (SSSR count). The molecule has 0 saturated carbocycles. The van der Waals surface area contributed by atoms with Gasteiger partial charge in [0.1, 0.15) is 0 Å². The molecule has 54 valence electrons. The first-order valence-corrected chi connectivity index (χ1v) is 2.99. The molecule has 2 heteroatoms. The fourth-order valence-corrected chi connectivity index (χ4v) is 0.621. The van der Waals surface area contributed by atoms with Gasteiger partial charge in [-0.15, -0.1) is 0 Å². The van der Waals surface area contributed by atoms with Crippen molar-refractivity contribution in [1.29, 1.82) is 0 Å². The van der Waals surface area contributed by atoms with Gasteiger partial charge >= 0.3 is 0 Å². The van der Waals surface area contributed by atoms with Crippen LogP contribution in [0.3, 0.4) is 0 Å². The van der Waals surface area contributed by atoms with Gasteiger partial charge in [0, 0.05) is 14.1 Å². The second kappa shape index (κ2) is 4.68. The summed E-state index contributed by atoms with van der Waals surface area (Å²) < 4.78 is 0. The molecule has 0 aliphatic rings. The molecule has 0 aromatic carbocycles. The van der Waals surface area contributed by atoms with Gasteiger partial charge in [-0.25, -0.2) is 0 Å². The first-order valence-electron chi connectivity index (χ1n) is 2.99. The van der Waals surface area contributed by atoms with E-state index in [1.165, 1.54) is 0 Å². The highest BCUT2D eigenvalue weighted by Gasteiger charge is 1.95. The van der Waals surface area contributed by atoms with Gasteiger partial charge in [-0.3, -0.25) is 9.98 Å². The summed E-state index contributed by atoms with van der Waals surface area (Å²) in [5.74, 6) is 0. The Kier molecular flexibility index (Phi) is 4.12. The maximum atomic E-state index is 3.95. The van der Waals surface area contributed by atoms with Crippen molar-refractivity contribution in [3.63, 3.8) is 0 Å². The zero-order valence-electron chi connectivity index (χ0n) is 6.46. The van der Waals surface area contributed by atoms with E-state index in [2.05, 4.69) is 23.1 Å². The van der Waals surface area contributed by atoms with Gasteiger partial charge in [-0.2, -0.15) is 0 Å². The van der Waals surface area contributed by atoms with Crippen LogP contribution in [0.25, 0.3) is 0 Å². The Labute approximate surface area is 61.7 Å². The molecule has 0 fully saturated rings. The van der Waals surface area contributed by atoms with Crippen LogP contribution in [-0.2, 0) is 0 Å². The average Bonchev–Trinajstić information content (AvgIpc) is 2.00. The Morgan fingerprint density at radius 2 is 1.30 bits per heavy atom. The molecule has 2 nitrogen and oxygen atoms in total. The number of rotatable bonds is 3. The highest BCUT2D eigenvalue weighted by atomic mass is 14.7.